The van der Waals surface area contributed by atoms with Gasteiger partial charge in [0.25, 0.3) is 5.91 Å². The van der Waals surface area contributed by atoms with Crippen LogP contribution in [0, 0.1) is 22.2 Å². The van der Waals surface area contributed by atoms with Crippen molar-refractivity contribution in [1.82, 2.24) is 30.2 Å². The molecular weight excluding hydrogens is 777 g/mol. The Morgan fingerprint density at radius 1 is 1.11 bits per heavy atom. The summed E-state index contributed by atoms with van der Waals surface area (Å²) in [6, 6.07) is 8.46. The summed E-state index contributed by atoms with van der Waals surface area (Å²) in [5, 5.41) is 5.18. The lowest BCUT2D eigenvalue weighted by molar-refractivity contribution is -0.835. The number of fused-ring (bicyclic) bond motifs is 5. The predicted octanol–water partition coefficient (Wildman–Crippen LogP) is 5.84. The van der Waals surface area contributed by atoms with Crippen molar-refractivity contribution in [2.75, 3.05) is 57.9 Å². The summed E-state index contributed by atoms with van der Waals surface area (Å²) in [5.41, 5.74) is 9.04. The SMILES string of the molecule is CCn1c(-c2cc(N3CCN(C4CC4)CC3)cnc2[C@H](C)OC)c2c3cc(ccc31)[C@H]1C#C[C@@H]1OCC(NC(=O)OC(C)(C)C)C(=O)N1CCC[C@H](N1)[N+](=O)OCC(C)(C)C2. The standard InChI is InChI=1S/C46H62N8O7/c1-9-52-38-16-12-30-23-34(38)36(42(52)35-24-32(26-47-41(35)29(2)58-8)51-21-19-50(20-22-51)31-13-14-31)25-46(6,7)28-60-54(57)40-11-10-18-53(49-40)43(55)37(27-59-39-17-15-33(30)39)48-44(56)61-45(3,4)5/h12,16,23-24,26,29,31,33,37,39-40,49H,9-11,13-14,18-22,25,27-28H2,1-8H3/p+1/t29-,33+,37?,39-,40+/m0/s1. The Kier molecular flexibility index (Phi) is 12.1. The third-order valence-electron chi connectivity index (χ3n) is 12.5. The van der Waals surface area contributed by atoms with Crippen molar-refractivity contribution in [2.24, 2.45) is 5.41 Å². The van der Waals surface area contributed by atoms with Gasteiger partial charge in [0, 0.05) is 80.7 Å². The van der Waals surface area contributed by atoms with Crippen LogP contribution in [-0.2, 0) is 36.8 Å². The van der Waals surface area contributed by atoms with Gasteiger partial charge in [0.05, 0.1) is 46.8 Å². The molecule has 15 heteroatoms. The van der Waals surface area contributed by atoms with E-state index in [1.807, 2.05) is 13.1 Å². The fraction of sp³-hybridized carbons (Fsp3) is 0.630. The van der Waals surface area contributed by atoms with Crippen molar-refractivity contribution in [3.8, 4) is 23.1 Å². The molecule has 328 valence electrons. The van der Waals surface area contributed by atoms with Crippen LogP contribution in [0.5, 0.6) is 0 Å². The van der Waals surface area contributed by atoms with Gasteiger partial charge in [0.2, 0.25) is 4.92 Å². The zero-order valence-corrected chi connectivity index (χ0v) is 37.1. The number of benzene rings is 1. The number of carbonyl (C=O) groups excluding carboxylic acids is 2. The van der Waals surface area contributed by atoms with E-state index < -0.39 is 41.3 Å². The number of carbonyl (C=O) groups is 2. The highest BCUT2D eigenvalue weighted by atomic mass is 16.8. The summed E-state index contributed by atoms with van der Waals surface area (Å²) >= 11 is 0. The average Bonchev–Trinajstić information content (AvgIpc) is 4.04. The number of ether oxygens (including phenoxy) is 3. The smallest absolute Gasteiger partial charge is 0.408 e. The fourth-order valence-electron chi connectivity index (χ4n) is 9.08. The number of anilines is 1. The molecular formula is C46H63N8O7+. The van der Waals surface area contributed by atoms with Gasteiger partial charge in [-0.25, -0.2) is 9.63 Å². The molecule has 5 aliphatic rings. The number of hydrogen-bond acceptors (Lipinski definition) is 11. The van der Waals surface area contributed by atoms with E-state index in [-0.39, 0.29) is 25.2 Å². The van der Waals surface area contributed by atoms with Crippen LogP contribution in [0.1, 0.15) is 103 Å². The molecule has 2 aromatic heterocycles. The lowest BCUT2D eigenvalue weighted by Gasteiger charge is -2.36. The highest BCUT2D eigenvalue weighted by Gasteiger charge is 2.41. The van der Waals surface area contributed by atoms with Crippen molar-refractivity contribution in [2.45, 2.75) is 129 Å². The summed E-state index contributed by atoms with van der Waals surface area (Å²) in [4.78, 5) is 57.6. The largest absolute Gasteiger partial charge is 0.444 e. The van der Waals surface area contributed by atoms with Gasteiger partial charge in [-0.3, -0.25) is 19.7 Å². The van der Waals surface area contributed by atoms with Gasteiger partial charge >= 0.3 is 12.3 Å². The van der Waals surface area contributed by atoms with E-state index in [2.05, 4.69) is 82.0 Å². The first kappa shape index (κ1) is 42.9. The van der Waals surface area contributed by atoms with Crippen LogP contribution in [0.25, 0.3) is 22.2 Å². The number of aromatic nitrogens is 2. The third-order valence-corrected chi connectivity index (χ3v) is 12.5. The van der Waals surface area contributed by atoms with Crippen molar-refractivity contribution < 1.29 is 33.6 Å². The first-order valence-corrected chi connectivity index (χ1v) is 22.1. The summed E-state index contributed by atoms with van der Waals surface area (Å²) in [6.45, 7) is 18.7. The van der Waals surface area contributed by atoms with E-state index >= 15 is 0 Å². The minimum atomic E-state index is -1.10. The third kappa shape index (κ3) is 9.23. The van der Waals surface area contributed by atoms with Crippen LogP contribution in [0.3, 0.4) is 0 Å². The van der Waals surface area contributed by atoms with Crippen LogP contribution in [-0.4, -0.2) is 119 Å². The number of methoxy groups -OCH3 is 1. The molecule has 0 radical (unpaired) electrons. The lowest BCUT2D eigenvalue weighted by atomic mass is 9.83. The number of nitrogens with one attached hydrogen (secondary N) is 2. The highest BCUT2D eigenvalue weighted by molar-refractivity contribution is 5.94. The van der Waals surface area contributed by atoms with E-state index in [0.717, 1.165) is 76.9 Å². The number of amides is 2. The topological polar surface area (TPSA) is 143 Å². The summed E-state index contributed by atoms with van der Waals surface area (Å²) in [5.74, 6) is 5.78. The van der Waals surface area contributed by atoms with E-state index in [4.69, 9.17) is 24.0 Å². The maximum atomic E-state index is 14.0. The van der Waals surface area contributed by atoms with Crippen molar-refractivity contribution in [3.63, 3.8) is 0 Å². The van der Waals surface area contributed by atoms with Crippen LogP contribution < -0.4 is 15.6 Å². The monoisotopic (exact) mass is 839 g/mol. The molecule has 1 unspecified atom stereocenters. The molecule has 2 aliphatic carbocycles. The maximum Gasteiger partial charge on any atom is 0.408 e. The molecule has 1 saturated carbocycles. The number of nitrogens with zero attached hydrogens (tertiary/aromatic N) is 6. The van der Waals surface area contributed by atoms with Crippen LogP contribution in [0.15, 0.2) is 30.5 Å². The summed E-state index contributed by atoms with van der Waals surface area (Å²) in [7, 11) is 1.72. The Labute approximate surface area is 359 Å². The highest BCUT2D eigenvalue weighted by Crippen LogP contribution is 2.43. The number of hydrazine groups is 1. The van der Waals surface area contributed by atoms with Crippen LogP contribution >= 0.6 is 0 Å². The van der Waals surface area contributed by atoms with Gasteiger partial charge in [0.15, 0.2) is 6.61 Å². The number of hydrogen-bond donors (Lipinski definition) is 2. The average molecular weight is 840 g/mol. The minimum absolute atomic E-state index is 0.123. The van der Waals surface area contributed by atoms with Gasteiger partial charge in [-0.15, -0.1) is 0 Å². The molecule has 1 aromatic carbocycles. The molecule has 2 saturated heterocycles. The molecule has 3 aliphatic heterocycles. The van der Waals surface area contributed by atoms with E-state index in [1.165, 1.54) is 17.9 Å². The number of pyridine rings is 1. The normalized spacial score (nSPS) is 25.4. The quantitative estimate of drug-likeness (QED) is 0.277. The van der Waals surface area contributed by atoms with Gasteiger partial charge in [-0.05, 0) is 89.6 Å². The zero-order valence-electron chi connectivity index (χ0n) is 37.1. The second kappa shape index (κ2) is 17.2. The molecule has 4 bridgehead atoms. The second-order valence-corrected chi connectivity index (χ2v) is 19.0. The maximum absolute atomic E-state index is 14.0. The summed E-state index contributed by atoms with van der Waals surface area (Å²) < 4.78 is 20.3. The van der Waals surface area contributed by atoms with Gasteiger partial charge < -0.3 is 29.0 Å². The van der Waals surface area contributed by atoms with Gasteiger partial charge in [0.1, 0.15) is 17.7 Å². The molecule has 15 nitrogen and oxygen atoms in total. The van der Waals surface area contributed by atoms with Crippen LogP contribution in [0.4, 0.5) is 10.5 Å². The number of piperazine rings is 1. The Morgan fingerprint density at radius 2 is 1.89 bits per heavy atom. The minimum Gasteiger partial charge on any atom is -0.444 e. The van der Waals surface area contributed by atoms with Crippen molar-refractivity contribution in [3.05, 3.63) is 52.2 Å². The Hall–Kier alpha value is -4.75. The molecule has 8 rings (SSSR count). The Morgan fingerprint density at radius 3 is 2.56 bits per heavy atom. The molecule has 5 atom stereocenters. The van der Waals surface area contributed by atoms with E-state index in [1.54, 1.807) is 27.9 Å². The Balaban J connectivity index is 1.20. The summed E-state index contributed by atoms with van der Waals surface area (Å²) in [6.07, 6.45) is 3.88. The van der Waals surface area contributed by atoms with Gasteiger partial charge in [-0.2, -0.15) is 5.43 Å². The number of aryl methyl sites for hydroxylation is 1. The molecule has 0 spiro atoms. The van der Waals surface area contributed by atoms with E-state index in [9.17, 15) is 14.5 Å². The zero-order chi connectivity index (χ0) is 43.2. The fourth-order valence-corrected chi connectivity index (χ4v) is 9.08. The first-order valence-electron chi connectivity index (χ1n) is 22.1. The predicted molar refractivity (Wildman–Crippen MR) is 231 cm³/mol. The Bertz CT molecular complexity index is 2210. The van der Waals surface area contributed by atoms with Crippen molar-refractivity contribution >= 4 is 28.6 Å². The molecule has 2 N–H and O–H groups in total. The van der Waals surface area contributed by atoms with Gasteiger partial charge in [-0.1, -0.05) is 31.8 Å². The molecule has 3 aromatic rings. The van der Waals surface area contributed by atoms with Crippen LogP contribution in [0.2, 0.25) is 0 Å². The number of alkyl carbamates (subject to hydrolysis) is 1. The number of rotatable bonds is 7. The second-order valence-electron chi connectivity index (χ2n) is 19.0. The lowest BCUT2D eigenvalue weighted by Crippen LogP contribution is -2.61. The van der Waals surface area contributed by atoms with E-state index in [0.29, 0.717) is 37.3 Å². The first-order chi connectivity index (χ1) is 29.1. The molecule has 61 heavy (non-hydrogen) atoms. The molecule has 5 heterocycles. The molecule has 3 fully saturated rings. The van der Waals surface area contributed by atoms with Crippen molar-refractivity contribution in [1.29, 1.82) is 0 Å². The molecule has 2 amide bonds.